The lowest BCUT2D eigenvalue weighted by atomic mass is 9.96. The van der Waals surface area contributed by atoms with Crippen LogP contribution in [0, 0.1) is 11.8 Å². The van der Waals surface area contributed by atoms with Crippen LogP contribution >= 0.6 is 0 Å². The predicted octanol–water partition coefficient (Wildman–Crippen LogP) is 4.55. The molecule has 3 aromatic carbocycles. The van der Waals surface area contributed by atoms with Crippen molar-refractivity contribution < 1.29 is 9.53 Å². The molecule has 2 atom stereocenters. The highest BCUT2D eigenvalue weighted by atomic mass is 16.5. The van der Waals surface area contributed by atoms with E-state index in [-0.39, 0.29) is 18.0 Å². The Labute approximate surface area is 239 Å². The molecule has 0 fully saturated rings. The SMILES string of the molecule is COc1ccc(NC(=O)N(CCC(CN)N(C)C)C[C@H](CN(C)C)c2ccc(C#Cc3ccccc3)cc2)cc1. The van der Waals surface area contributed by atoms with Crippen molar-refractivity contribution in [3.8, 4) is 17.6 Å². The van der Waals surface area contributed by atoms with Crippen molar-refractivity contribution in [3.05, 3.63) is 95.6 Å². The van der Waals surface area contributed by atoms with E-state index in [1.54, 1.807) is 7.11 Å². The Morgan fingerprint density at radius 2 is 1.50 bits per heavy atom. The maximum absolute atomic E-state index is 13.6. The lowest BCUT2D eigenvalue weighted by Crippen LogP contribution is -2.44. The molecule has 0 aliphatic rings. The van der Waals surface area contributed by atoms with Crippen molar-refractivity contribution in [2.45, 2.75) is 18.4 Å². The second-order valence-corrected chi connectivity index (χ2v) is 10.4. The Hall–Kier alpha value is -3.83. The molecule has 212 valence electrons. The Kier molecular flexibility index (Phi) is 12.0. The highest BCUT2D eigenvalue weighted by molar-refractivity contribution is 5.89. The van der Waals surface area contributed by atoms with E-state index in [1.807, 2.05) is 73.6 Å². The number of anilines is 1. The van der Waals surface area contributed by atoms with E-state index >= 15 is 0 Å². The third-order valence-corrected chi connectivity index (χ3v) is 6.90. The summed E-state index contributed by atoms with van der Waals surface area (Å²) in [6.45, 7) is 2.50. The number of nitrogens with zero attached hydrogens (tertiary/aromatic N) is 3. The van der Waals surface area contributed by atoms with Crippen LogP contribution in [-0.2, 0) is 0 Å². The quantitative estimate of drug-likeness (QED) is 0.329. The van der Waals surface area contributed by atoms with Crippen molar-refractivity contribution in [2.24, 2.45) is 5.73 Å². The molecule has 3 rings (SSSR count). The average Bonchev–Trinajstić information content (AvgIpc) is 2.96. The van der Waals surface area contributed by atoms with Crippen molar-refractivity contribution in [2.75, 3.05) is 66.8 Å². The van der Waals surface area contributed by atoms with Crippen molar-refractivity contribution in [1.29, 1.82) is 0 Å². The van der Waals surface area contributed by atoms with Gasteiger partial charge >= 0.3 is 6.03 Å². The number of ether oxygens (including phenoxy) is 1. The lowest BCUT2D eigenvalue weighted by molar-refractivity contribution is 0.190. The number of amides is 2. The predicted molar refractivity (Wildman–Crippen MR) is 165 cm³/mol. The molecule has 0 saturated carbocycles. The summed E-state index contributed by atoms with van der Waals surface area (Å²) in [4.78, 5) is 19.8. The third kappa shape index (κ3) is 9.73. The fourth-order valence-electron chi connectivity index (χ4n) is 4.52. The maximum atomic E-state index is 13.6. The molecule has 0 aliphatic carbocycles. The number of carbonyl (C=O) groups is 1. The first kappa shape index (κ1) is 30.7. The van der Waals surface area contributed by atoms with Crippen LogP contribution in [0.25, 0.3) is 0 Å². The molecule has 0 bridgehead atoms. The second kappa shape index (κ2) is 15.7. The minimum atomic E-state index is -0.131. The number of benzene rings is 3. The number of hydrogen-bond acceptors (Lipinski definition) is 5. The summed E-state index contributed by atoms with van der Waals surface area (Å²) in [5, 5.41) is 3.07. The van der Waals surface area contributed by atoms with E-state index in [1.165, 1.54) is 5.56 Å². The molecule has 1 unspecified atom stereocenters. The average molecular weight is 542 g/mol. The highest BCUT2D eigenvalue weighted by Crippen LogP contribution is 2.21. The van der Waals surface area contributed by atoms with Crippen LogP contribution in [0.15, 0.2) is 78.9 Å². The molecule has 3 aromatic rings. The summed E-state index contributed by atoms with van der Waals surface area (Å²) in [6.07, 6.45) is 0.780. The van der Waals surface area contributed by atoms with Gasteiger partial charge in [0.1, 0.15) is 5.75 Å². The van der Waals surface area contributed by atoms with Gasteiger partial charge in [0, 0.05) is 55.0 Å². The summed E-state index contributed by atoms with van der Waals surface area (Å²) in [5.74, 6) is 7.33. The van der Waals surface area contributed by atoms with Crippen LogP contribution < -0.4 is 15.8 Å². The van der Waals surface area contributed by atoms with Gasteiger partial charge in [-0.2, -0.15) is 0 Å². The Morgan fingerprint density at radius 1 is 0.875 bits per heavy atom. The molecule has 0 aromatic heterocycles. The smallest absolute Gasteiger partial charge is 0.321 e. The molecular weight excluding hydrogens is 498 g/mol. The van der Waals surface area contributed by atoms with Gasteiger partial charge < -0.3 is 30.5 Å². The minimum absolute atomic E-state index is 0.114. The zero-order chi connectivity index (χ0) is 28.9. The number of rotatable bonds is 12. The van der Waals surface area contributed by atoms with Gasteiger partial charge in [0.15, 0.2) is 0 Å². The van der Waals surface area contributed by atoms with Crippen molar-refractivity contribution >= 4 is 11.7 Å². The number of carbonyl (C=O) groups excluding carboxylic acids is 1. The van der Waals surface area contributed by atoms with Gasteiger partial charge in [-0.15, -0.1) is 0 Å². The molecule has 0 spiro atoms. The fourth-order valence-corrected chi connectivity index (χ4v) is 4.52. The number of hydrogen-bond donors (Lipinski definition) is 2. The first-order chi connectivity index (χ1) is 19.3. The van der Waals surface area contributed by atoms with Crippen LogP contribution in [-0.4, -0.2) is 88.3 Å². The van der Waals surface area contributed by atoms with Crippen molar-refractivity contribution in [1.82, 2.24) is 14.7 Å². The molecule has 2 amide bonds. The minimum Gasteiger partial charge on any atom is -0.497 e. The zero-order valence-corrected chi connectivity index (χ0v) is 24.4. The van der Waals surface area contributed by atoms with E-state index in [9.17, 15) is 4.79 Å². The summed E-state index contributed by atoms with van der Waals surface area (Å²) >= 11 is 0. The third-order valence-electron chi connectivity index (χ3n) is 6.90. The van der Waals surface area contributed by atoms with Gasteiger partial charge in [0.2, 0.25) is 0 Å². The summed E-state index contributed by atoms with van der Waals surface area (Å²) in [7, 11) is 9.80. The second-order valence-electron chi connectivity index (χ2n) is 10.4. The summed E-state index contributed by atoms with van der Waals surface area (Å²) in [5.41, 5.74) is 9.88. The number of methoxy groups -OCH3 is 1. The molecule has 7 heteroatoms. The normalized spacial score (nSPS) is 12.4. The number of nitrogens with two attached hydrogens (primary N) is 1. The number of nitrogens with one attached hydrogen (secondary N) is 1. The number of urea groups is 1. The highest BCUT2D eigenvalue weighted by Gasteiger charge is 2.23. The molecule has 3 N–H and O–H groups in total. The van der Waals surface area contributed by atoms with Gasteiger partial charge in [0.25, 0.3) is 0 Å². The fraction of sp³-hybridized carbons (Fsp3) is 0.364. The molecule has 0 saturated heterocycles. The molecule has 0 aliphatic heterocycles. The molecular formula is C33H43N5O2. The maximum Gasteiger partial charge on any atom is 0.321 e. The van der Waals surface area contributed by atoms with Gasteiger partial charge in [0.05, 0.1) is 7.11 Å². The molecule has 0 heterocycles. The van der Waals surface area contributed by atoms with Crippen LogP contribution in [0.2, 0.25) is 0 Å². The Bertz CT molecular complexity index is 1230. The Balaban J connectivity index is 1.81. The summed E-state index contributed by atoms with van der Waals surface area (Å²) in [6, 6.07) is 25.8. The first-order valence-corrected chi connectivity index (χ1v) is 13.7. The van der Waals surface area contributed by atoms with E-state index in [2.05, 4.69) is 65.3 Å². The Morgan fingerprint density at radius 3 is 2.05 bits per heavy atom. The standard InChI is InChI=1S/C33H43N5O2/c1-36(2)24-29(28-15-13-27(14-16-28)12-11-26-9-7-6-8-10-26)25-38(22-21-31(23-34)37(3)4)33(39)35-30-17-19-32(40-5)20-18-30/h6-10,13-20,29,31H,21-25,34H2,1-5H3,(H,35,39)/t29-,31?/m0/s1. The van der Waals surface area contributed by atoms with Crippen molar-refractivity contribution in [3.63, 3.8) is 0 Å². The largest absolute Gasteiger partial charge is 0.497 e. The zero-order valence-electron chi connectivity index (χ0n) is 24.4. The molecule has 40 heavy (non-hydrogen) atoms. The topological polar surface area (TPSA) is 74.1 Å². The van der Waals surface area contributed by atoms with Gasteiger partial charge in [-0.25, -0.2) is 4.79 Å². The lowest BCUT2D eigenvalue weighted by Gasteiger charge is -2.32. The van der Waals surface area contributed by atoms with Crippen LogP contribution in [0.4, 0.5) is 10.5 Å². The molecule has 7 nitrogen and oxygen atoms in total. The van der Waals surface area contributed by atoms with Gasteiger partial charge in [-0.05, 0) is 88.7 Å². The van der Waals surface area contributed by atoms with Crippen LogP contribution in [0.1, 0.15) is 29.0 Å². The first-order valence-electron chi connectivity index (χ1n) is 13.7. The van der Waals surface area contributed by atoms with E-state index in [0.29, 0.717) is 19.6 Å². The van der Waals surface area contributed by atoms with Gasteiger partial charge in [-0.3, -0.25) is 0 Å². The summed E-state index contributed by atoms with van der Waals surface area (Å²) < 4.78 is 5.25. The van der Waals surface area contributed by atoms with Crippen LogP contribution in [0.5, 0.6) is 5.75 Å². The van der Waals surface area contributed by atoms with Crippen LogP contribution in [0.3, 0.4) is 0 Å². The van der Waals surface area contributed by atoms with E-state index in [4.69, 9.17) is 10.5 Å². The van der Waals surface area contributed by atoms with Gasteiger partial charge in [-0.1, -0.05) is 42.2 Å². The number of likely N-dealkylation sites (N-methyl/N-ethyl adjacent to an activating group) is 2. The van der Waals surface area contributed by atoms with E-state index in [0.717, 1.165) is 35.5 Å². The molecule has 0 radical (unpaired) electrons. The van der Waals surface area contributed by atoms with E-state index < -0.39 is 0 Å². The monoisotopic (exact) mass is 541 g/mol.